The molecule has 0 aliphatic heterocycles. The monoisotopic (exact) mass is 206 g/mol. The Balaban J connectivity index is 1.75. The first-order valence-corrected chi connectivity index (χ1v) is 5.94. The minimum atomic E-state index is 0.205. The Morgan fingerprint density at radius 2 is 2.00 bits per heavy atom. The second kappa shape index (κ2) is 4.38. The molecule has 2 rings (SSSR count). The van der Waals surface area contributed by atoms with Crippen molar-refractivity contribution in [2.45, 2.75) is 45.1 Å². The standard InChI is InChI=1S/C13H20NO/c1-10(15)14(2)13-7-5-12(6-8-13)9-11-3-4-11/h3-4,12-13H,5-9H2,1-2H3. The highest BCUT2D eigenvalue weighted by atomic mass is 16.2. The summed E-state index contributed by atoms with van der Waals surface area (Å²) in [5, 5.41) is 0. The quantitative estimate of drug-likeness (QED) is 0.695. The molecule has 0 bridgehead atoms. The molecule has 0 heterocycles. The molecule has 1 fully saturated rings. The molecular weight excluding hydrogens is 186 g/mol. The molecule has 83 valence electrons. The summed E-state index contributed by atoms with van der Waals surface area (Å²) in [6.07, 6.45) is 10.7. The molecule has 1 saturated carbocycles. The SMILES string of the molecule is CC(=O)N(C)C1CCC(CC2=C[CH]2)CC1. The van der Waals surface area contributed by atoms with Crippen molar-refractivity contribution in [2.75, 3.05) is 7.05 Å². The molecule has 0 spiro atoms. The van der Waals surface area contributed by atoms with E-state index < -0.39 is 0 Å². The predicted molar refractivity (Wildman–Crippen MR) is 61.2 cm³/mol. The van der Waals surface area contributed by atoms with E-state index in [2.05, 4.69) is 12.5 Å². The Bertz CT molecular complexity index is 274. The van der Waals surface area contributed by atoms with Gasteiger partial charge in [0.1, 0.15) is 0 Å². The molecule has 1 amide bonds. The largest absolute Gasteiger partial charge is 0.343 e. The van der Waals surface area contributed by atoms with Crippen molar-refractivity contribution < 1.29 is 4.79 Å². The van der Waals surface area contributed by atoms with Gasteiger partial charge in [-0.15, -0.1) is 0 Å². The molecule has 2 aliphatic rings. The maximum Gasteiger partial charge on any atom is 0.219 e. The first kappa shape index (κ1) is 10.7. The van der Waals surface area contributed by atoms with Crippen molar-refractivity contribution in [2.24, 2.45) is 5.92 Å². The van der Waals surface area contributed by atoms with E-state index in [9.17, 15) is 4.79 Å². The van der Waals surface area contributed by atoms with Crippen LogP contribution < -0.4 is 0 Å². The maximum atomic E-state index is 11.2. The molecule has 0 saturated heterocycles. The van der Waals surface area contributed by atoms with Gasteiger partial charge in [0, 0.05) is 26.4 Å². The minimum absolute atomic E-state index is 0.205. The smallest absolute Gasteiger partial charge is 0.219 e. The predicted octanol–water partition coefficient (Wildman–Crippen LogP) is 2.56. The van der Waals surface area contributed by atoms with Crippen LogP contribution in [0.5, 0.6) is 0 Å². The average molecular weight is 206 g/mol. The summed E-state index contributed by atoms with van der Waals surface area (Å²) in [4.78, 5) is 13.1. The van der Waals surface area contributed by atoms with E-state index in [0.717, 1.165) is 5.92 Å². The minimum Gasteiger partial charge on any atom is -0.343 e. The summed E-state index contributed by atoms with van der Waals surface area (Å²) in [5.74, 6) is 1.07. The summed E-state index contributed by atoms with van der Waals surface area (Å²) >= 11 is 0. The molecule has 0 N–H and O–H groups in total. The Labute approximate surface area is 92.3 Å². The first-order valence-electron chi connectivity index (χ1n) is 5.94. The van der Waals surface area contributed by atoms with Gasteiger partial charge in [-0.1, -0.05) is 11.6 Å². The van der Waals surface area contributed by atoms with Crippen molar-refractivity contribution in [3.63, 3.8) is 0 Å². The van der Waals surface area contributed by atoms with Gasteiger partial charge in [0.25, 0.3) is 0 Å². The number of amides is 1. The number of allylic oxidation sites excluding steroid dienone is 2. The fraction of sp³-hybridized carbons (Fsp3) is 0.692. The topological polar surface area (TPSA) is 20.3 Å². The lowest BCUT2D eigenvalue weighted by atomic mass is 9.83. The zero-order valence-corrected chi connectivity index (χ0v) is 9.70. The molecular formula is C13H20NO. The number of hydrogen-bond donors (Lipinski definition) is 0. The lowest BCUT2D eigenvalue weighted by Gasteiger charge is -2.34. The van der Waals surface area contributed by atoms with Crippen molar-refractivity contribution in [3.05, 3.63) is 18.1 Å². The highest BCUT2D eigenvalue weighted by Gasteiger charge is 2.26. The fourth-order valence-corrected chi connectivity index (χ4v) is 2.52. The summed E-state index contributed by atoms with van der Waals surface area (Å²) in [6.45, 7) is 1.66. The van der Waals surface area contributed by atoms with Crippen LogP contribution in [0.25, 0.3) is 0 Å². The van der Waals surface area contributed by atoms with Crippen LogP contribution in [0.2, 0.25) is 0 Å². The lowest BCUT2D eigenvalue weighted by molar-refractivity contribution is -0.130. The first-order chi connectivity index (χ1) is 7.16. The van der Waals surface area contributed by atoms with Gasteiger partial charge in [0.15, 0.2) is 0 Å². The molecule has 1 radical (unpaired) electrons. The van der Waals surface area contributed by atoms with E-state index >= 15 is 0 Å². The molecule has 2 heteroatoms. The number of nitrogens with zero attached hydrogens (tertiary/aromatic N) is 1. The molecule has 0 unspecified atom stereocenters. The van der Waals surface area contributed by atoms with Crippen molar-refractivity contribution in [1.29, 1.82) is 0 Å². The van der Waals surface area contributed by atoms with E-state index in [0.29, 0.717) is 6.04 Å². The van der Waals surface area contributed by atoms with Gasteiger partial charge >= 0.3 is 0 Å². The Morgan fingerprint density at radius 3 is 2.47 bits per heavy atom. The summed E-state index contributed by atoms with van der Waals surface area (Å²) in [5.41, 5.74) is 1.54. The lowest BCUT2D eigenvalue weighted by Crippen LogP contribution is -2.38. The van der Waals surface area contributed by atoms with E-state index in [1.165, 1.54) is 32.1 Å². The zero-order valence-electron chi connectivity index (χ0n) is 9.70. The van der Waals surface area contributed by atoms with Crippen LogP contribution in [0.1, 0.15) is 39.0 Å². The molecule has 15 heavy (non-hydrogen) atoms. The number of carbonyl (C=O) groups is 1. The van der Waals surface area contributed by atoms with Gasteiger partial charge in [-0.3, -0.25) is 4.79 Å². The van der Waals surface area contributed by atoms with E-state index in [-0.39, 0.29) is 5.91 Å². The Hall–Kier alpha value is -0.790. The third kappa shape index (κ3) is 2.83. The number of hydrogen-bond acceptors (Lipinski definition) is 1. The van der Waals surface area contributed by atoms with Gasteiger partial charge < -0.3 is 4.90 Å². The van der Waals surface area contributed by atoms with E-state index in [1.54, 1.807) is 12.5 Å². The second-order valence-electron chi connectivity index (χ2n) is 4.92. The van der Waals surface area contributed by atoms with Gasteiger partial charge in [0.05, 0.1) is 0 Å². The van der Waals surface area contributed by atoms with Crippen LogP contribution in [0.4, 0.5) is 0 Å². The Morgan fingerprint density at radius 1 is 1.40 bits per heavy atom. The third-order valence-corrected chi connectivity index (χ3v) is 3.79. The summed E-state index contributed by atoms with van der Waals surface area (Å²) in [7, 11) is 1.94. The Kier molecular flexibility index (Phi) is 3.13. The van der Waals surface area contributed by atoms with Crippen LogP contribution in [-0.4, -0.2) is 23.9 Å². The zero-order chi connectivity index (χ0) is 10.8. The molecule has 0 aromatic rings. The van der Waals surface area contributed by atoms with Crippen molar-refractivity contribution in [1.82, 2.24) is 4.90 Å². The van der Waals surface area contributed by atoms with Gasteiger partial charge in [-0.05, 0) is 38.0 Å². The van der Waals surface area contributed by atoms with Gasteiger partial charge in [-0.2, -0.15) is 0 Å². The second-order valence-corrected chi connectivity index (χ2v) is 4.92. The normalized spacial score (nSPS) is 29.6. The van der Waals surface area contributed by atoms with Crippen LogP contribution in [0, 0.1) is 12.3 Å². The maximum absolute atomic E-state index is 11.2. The van der Waals surface area contributed by atoms with Gasteiger partial charge in [0.2, 0.25) is 5.91 Å². The average Bonchev–Trinajstić information content (AvgIpc) is 3.02. The van der Waals surface area contributed by atoms with Crippen LogP contribution in [-0.2, 0) is 4.79 Å². The number of rotatable bonds is 3. The van der Waals surface area contributed by atoms with Crippen molar-refractivity contribution in [3.8, 4) is 0 Å². The van der Waals surface area contributed by atoms with Crippen LogP contribution >= 0.6 is 0 Å². The molecule has 2 nitrogen and oxygen atoms in total. The van der Waals surface area contributed by atoms with Gasteiger partial charge in [-0.25, -0.2) is 0 Å². The fourth-order valence-electron chi connectivity index (χ4n) is 2.52. The molecule has 0 aromatic heterocycles. The summed E-state index contributed by atoms with van der Waals surface area (Å²) in [6, 6.07) is 0.496. The van der Waals surface area contributed by atoms with Crippen LogP contribution in [0.3, 0.4) is 0 Å². The molecule has 0 aromatic carbocycles. The molecule has 0 atom stereocenters. The van der Waals surface area contributed by atoms with Crippen LogP contribution in [0.15, 0.2) is 11.6 Å². The highest BCUT2D eigenvalue weighted by Crippen LogP contribution is 2.35. The highest BCUT2D eigenvalue weighted by molar-refractivity contribution is 5.73. The number of carbonyl (C=O) groups excluding carboxylic acids is 1. The third-order valence-electron chi connectivity index (χ3n) is 3.79. The van der Waals surface area contributed by atoms with Crippen molar-refractivity contribution >= 4 is 5.91 Å². The molecule has 2 aliphatic carbocycles. The van der Waals surface area contributed by atoms with E-state index in [1.807, 2.05) is 11.9 Å². The summed E-state index contributed by atoms with van der Waals surface area (Å²) < 4.78 is 0. The van der Waals surface area contributed by atoms with E-state index in [4.69, 9.17) is 0 Å².